The number of halogens is 2. The van der Waals surface area contributed by atoms with E-state index in [0.29, 0.717) is 10.8 Å². The molecular formula is C10H10BrClN4O. The highest BCUT2D eigenvalue weighted by molar-refractivity contribution is 9.18. The Morgan fingerprint density at radius 2 is 2.35 bits per heavy atom. The van der Waals surface area contributed by atoms with E-state index in [-0.39, 0.29) is 16.2 Å². The molecule has 0 aliphatic heterocycles. The van der Waals surface area contributed by atoms with Gasteiger partial charge in [0.1, 0.15) is 11.5 Å². The number of nitrogens with zero attached hydrogens (tertiary/aromatic N) is 1. The SMILES string of the molecule is CNC(=O)/C(=C/C(=N)Br)Nc1ncccc1Cl. The maximum Gasteiger partial charge on any atom is 0.267 e. The Kier molecular flexibility index (Phi) is 5.11. The number of anilines is 1. The van der Waals surface area contributed by atoms with E-state index in [4.69, 9.17) is 17.0 Å². The summed E-state index contributed by atoms with van der Waals surface area (Å²) in [6.45, 7) is 0. The Morgan fingerprint density at radius 3 is 2.88 bits per heavy atom. The maximum atomic E-state index is 11.5. The fraction of sp³-hybridized carbons (Fsp3) is 0.100. The molecule has 1 aromatic rings. The van der Waals surface area contributed by atoms with Crippen molar-refractivity contribution in [3.05, 3.63) is 35.1 Å². The van der Waals surface area contributed by atoms with Crippen LogP contribution in [-0.4, -0.2) is 22.6 Å². The lowest BCUT2D eigenvalue weighted by atomic mass is 10.3. The van der Waals surface area contributed by atoms with Gasteiger partial charge in [-0.15, -0.1) is 0 Å². The van der Waals surface area contributed by atoms with Crippen LogP contribution in [0.3, 0.4) is 0 Å². The van der Waals surface area contributed by atoms with Crippen molar-refractivity contribution >= 4 is 43.9 Å². The van der Waals surface area contributed by atoms with Crippen LogP contribution in [0.2, 0.25) is 5.02 Å². The highest BCUT2D eigenvalue weighted by atomic mass is 79.9. The summed E-state index contributed by atoms with van der Waals surface area (Å²) in [6.07, 6.45) is 2.87. The molecule has 0 saturated carbocycles. The number of nitrogens with one attached hydrogen (secondary N) is 3. The number of hydrogen-bond donors (Lipinski definition) is 3. The first-order valence-corrected chi connectivity index (χ1v) is 5.77. The van der Waals surface area contributed by atoms with Crippen LogP contribution in [0.15, 0.2) is 30.1 Å². The van der Waals surface area contributed by atoms with Crippen molar-refractivity contribution in [2.24, 2.45) is 0 Å². The second kappa shape index (κ2) is 6.36. The summed E-state index contributed by atoms with van der Waals surface area (Å²) in [5, 5.41) is 12.9. The summed E-state index contributed by atoms with van der Waals surface area (Å²) >= 11 is 8.84. The molecule has 1 aromatic heterocycles. The Morgan fingerprint density at radius 1 is 1.65 bits per heavy atom. The van der Waals surface area contributed by atoms with Crippen LogP contribution in [0.25, 0.3) is 0 Å². The molecule has 7 heteroatoms. The van der Waals surface area contributed by atoms with E-state index in [1.54, 1.807) is 18.3 Å². The Labute approximate surface area is 112 Å². The average molecular weight is 318 g/mol. The summed E-state index contributed by atoms with van der Waals surface area (Å²) in [5.74, 6) is -0.00585. The van der Waals surface area contributed by atoms with Crippen molar-refractivity contribution in [1.82, 2.24) is 10.3 Å². The number of rotatable bonds is 4. The van der Waals surface area contributed by atoms with E-state index in [2.05, 4.69) is 31.5 Å². The number of carbonyl (C=O) groups excluding carboxylic acids is 1. The molecule has 1 heterocycles. The summed E-state index contributed by atoms with van der Waals surface area (Å²) in [5.41, 5.74) is 0.176. The van der Waals surface area contributed by atoms with Gasteiger partial charge >= 0.3 is 0 Å². The Balaban J connectivity index is 2.99. The lowest BCUT2D eigenvalue weighted by molar-refractivity contribution is -0.116. The lowest BCUT2D eigenvalue weighted by Crippen LogP contribution is -2.25. The molecule has 17 heavy (non-hydrogen) atoms. The average Bonchev–Trinajstić information content (AvgIpc) is 2.29. The number of aromatic nitrogens is 1. The third kappa shape index (κ3) is 4.16. The molecule has 3 N–H and O–H groups in total. The van der Waals surface area contributed by atoms with Gasteiger partial charge < -0.3 is 10.6 Å². The molecule has 0 unspecified atom stereocenters. The van der Waals surface area contributed by atoms with Crippen molar-refractivity contribution in [3.8, 4) is 0 Å². The molecule has 90 valence electrons. The number of carbonyl (C=O) groups is 1. The van der Waals surface area contributed by atoms with Crippen LogP contribution in [0.1, 0.15) is 0 Å². The molecule has 1 amide bonds. The first kappa shape index (κ1) is 13.7. The van der Waals surface area contributed by atoms with E-state index in [1.165, 1.54) is 13.1 Å². The van der Waals surface area contributed by atoms with Crippen molar-refractivity contribution in [3.63, 3.8) is 0 Å². The molecule has 0 spiro atoms. The normalized spacial score (nSPS) is 10.9. The highest BCUT2D eigenvalue weighted by Gasteiger charge is 2.10. The molecule has 1 rings (SSSR count). The molecule has 0 aromatic carbocycles. The predicted molar refractivity (Wildman–Crippen MR) is 71.7 cm³/mol. The van der Waals surface area contributed by atoms with Gasteiger partial charge in [-0.3, -0.25) is 10.2 Å². The molecule has 0 aliphatic carbocycles. The van der Waals surface area contributed by atoms with Crippen LogP contribution >= 0.6 is 27.5 Å². The summed E-state index contributed by atoms with van der Waals surface area (Å²) < 4.78 is 0.0654. The Hall–Kier alpha value is -1.40. The fourth-order valence-corrected chi connectivity index (χ4v) is 1.42. The maximum absolute atomic E-state index is 11.5. The smallest absolute Gasteiger partial charge is 0.267 e. The standard InChI is InChI=1S/C10H10BrClN4O/c1-14-10(17)7(5-8(11)13)16-9-6(12)3-2-4-15-9/h2-5,13H,1H3,(H,14,17)(H,15,16)/b7-5-,13-8?. The zero-order valence-electron chi connectivity index (χ0n) is 8.92. The highest BCUT2D eigenvalue weighted by Crippen LogP contribution is 2.19. The largest absolute Gasteiger partial charge is 0.354 e. The van der Waals surface area contributed by atoms with Crippen LogP contribution in [0, 0.1) is 5.41 Å². The first-order valence-electron chi connectivity index (χ1n) is 4.60. The third-order valence-corrected chi connectivity index (χ3v) is 2.29. The second-order valence-electron chi connectivity index (χ2n) is 2.94. The molecule has 5 nitrogen and oxygen atoms in total. The van der Waals surface area contributed by atoms with Crippen LogP contribution in [-0.2, 0) is 4.79 Å². The van der Waals surface area contributed by atoms with Gasteiger partial charge in [0, 0.05) is 13.2 Å². The molecular weight excluding hydrogens is 307 g/mol. The van der Waals surface area contributed by atoms with Gasteiger partial charge in [0.05, 0.1) is 9.64 Å². The van der Waals surface area contributed by atoms with E-state index in [9.17, 15) is 4.79 Å². The predicted octanol–water partition coefficient (Wildman–Crippen LogP) is 2.15. The molecule has 0 radical (unpaired) electrons. The van der Waals surface area contributed by atoms with Gasteiger partial charge in [0.2, 0.25) is 0 Å². The minimum Gasteiger partial charge on any atom is -0.354 e. The van der Waals surface area contributed by atoms with E-state index < -0.39 is 0 Å². The van der Waals surface area contributed by atoms with E-state index in [0.717, 1.165) is 0 Å². The molecule has 0 bridgehead atoms. The summed E-state index contributed by atoms with van der Waals surface area (Å²) in [4.78, 5) is 15.5. The zero-order chi connectivity index (χ0) is 12.8. The number of likely N-dealkylation sites (N-methyl/N-ethyl adjacent to an activating group) is 1. The van der Waals surface area contributed by atoms with Gasteiger partial charge in [0.15, 0.2) is 0 Å². The minimum atomic E-state index is -0.365. The summed E-state index contributed by atoms with van der Waals surface area (Å²) in [6, 6.07) is 3.33. The molecule has 0 atom stereocenters. The quantitative estimate of drug-likeness (QED) is 0.588. The van der Waals surface area contributed by atoms with E-state index in [1.807, 2.05) is 0 Å². The van der Waals surface area contributed by atoms with Crippen LogP contribution < -0.4 is 10.6 Å². The molecule has 0 fully saturated rings. The topological polar surface area (TPSA) is 77.9 Å². The van der Waals surface area contributed by atoms with Crippen molar-refractivity contribution in [1.29, 1.82) is 5.41 Å². The fourth-order valence-electron chi connectivity index (χ4n) is 1.03. The first-order chi connectivity index (χ1) is 8.04. The van der Waals surface area contributed by atoms with Gasteiger partial charge in [-0.05, 0) is 34.1 Å². The van der Waals surface area contributed by atoms with Gasteiger partial charge in [0.25, 0.3) is 5.91 Å². The zero-order valence-corrected chi connectivity index (χ0v) is 11.3. The molecule has 0 aliphatic rings. The van der Waals surface area contributed by atoms with Crippen molar-refractivity contribution < 1.29 is 4.79 Å². The molecule has 0 saturated heterocycles. The van der Waals surface area contributed by atoms with Crippen molar-refractivity contribution in [2.75, 3.05) is 12.4 Å². The van der Waals surface area contributed by atoms with Crippen LogP contribution in [0.4, 0.5) is 5.82 Å². The number of allylic oxidation sites excluding steroid dienone is 1. The Bertz CT molecular complexity index is 475. The van der Waals surface area contributed by atoms with Crippen LogP contribution in [0.5, 0.6) is 0 Å². The van der Waals surface area contributed by atoms with Crippen molar-refractivity contribution in [2.45, 2.75) is 0 Å². The lowest BCUT2D eigenvalue weighted by Gasteiger charge is -2.09. The van der Waals surface area contributed by atoms with Gasteiger partial charge in [-0.25, -0.2) is 4.98 Å². The minimum absolute atomic E-state index is 0.0654. The second-order valence-corrected chi connectivity index (χ2v) is 4.21. The van der Waals surface area contributed by atoms with E-state index >= 15 is 0 Å². The summed E-state index contributed by atoms with van der Waals surface area (Å²) in [7, 11) is 1.50. The number of pyridine rings is 1. The third-order valence-electron chi connectivity index (χ3n) is 1.75. The van der Waals surface area contributed by atoms with Gasteiger partial charge in [-0.2, -0.15) is 0 Å². The van der Waals surface area contributed by atoms with Gasteiger partial charge in [-0.1, -0.05) is 11.6 Å². The number of amides is 1. The number of hydrogen-bond acceptors (Lipinski definition) is 4. The monoisotopic (exact) mass is 316 g/mol.